The largest absolute Gasteiger partial charge is 0.490 e. The van der Waals surface area contributed by atoms with E-state index >= 15 is 0 Å². The number of benzene rings is 1. The zero-order valence-electron chi connectivity index (χ0n) is 21.8. The second-order valence-electron chi connectivity index (χ2n) is 10.6. The van der Waals surface area contributed by atoms with Crippen LogP contribution >= 0.6 is 0 Å². The van der Waals surface area contributed by atoms with Crippen molar-refractivity contribution in [3.05, 3.63) is 53.6 Å². The fourth-order valence-electron chi connectivity index (χ4n) is 5.28. The van der Waals surface area contributed by atoms with E-state index in [0.29, 0.717) is 44.3 Å². The van der Waals surface area contributed by atoms with Gasteiger partial charge in [0.2, 0.25) is 5.91 Å². The number of imide groups is 1. The minimum atomic E-state index is -1.29. The van der Waals surface area contributed by atoms with Gasteiger partial charge in [-0.05, 0) is 69.2 Å². The first kappa shape index (κ1) is 26.6. The number of aromatic nitrogens is 1. The lowest BCUT2D eigenvalue weighted by atomic mass is 9.81. The van der Waals surface area contributed by atoms with E-state index in [1.54, 1.807) is 12.3 Å². The number of halogens is 1. The van der Waals surface area contributed by atoms with E-state index in [2.05, 4.69) is 11.1 Å². The first-order valence-corrected chi connectivity index (χ1v) is 13.0. The first-order chi connectivity index (χ1) is 18.7. The predicted octanol–water partition coefficient (Wildman–Crippen LogP) is 4.44. The Kier molecular flexibility index (Phi) is 7.23. The number of pyridine rings is 1. The molecule has 1 atom stereocenters. The van der Waals surface area contributed by atoms with Crippen LogP contribution in [0.1, 0.15) is 63.1 Å². The number of cyclic esters (lactones) is 1. The Labute approximate surface area is 225 Å². The Morgan fingerprint density at radius 2 is 1.95 bits per heavy atom. The summed E-state index contributed by atoms with van der Waals surface area (Å²) in [5.74, 6) is -1.37. The van der Waals surface area contributed by atoms with Crippen molar-refractivity contribution in [2.75, 3.05) is 18.1 Å². The number of nitrogens with zero attached hydrogens (tertiary/aromatic N) is 4. The summed E-state index contributed by atoms with van der Waals surface area (Å²) in [6.45, 7) is 3.64. The van der Waals surface area contributed by atoms with Gasteiger partial charge in [-0.15, -0.1) is 0 Å². The van der Waals surface area contributed by atoms with Crippen molar-refractivity contribution < 1.29 is 33.1 Å². The molecule has 3 fully saturated rings. The summed E-state index contributed by atoms with van der Waals surface area (Å²) in [5.41, 5.74) is 0.0982. The van der Waals surface area contributed by atoms with E-state index in [-0.39, 0.29) is 41.8 Å². The number of anilines is 1. The van der Waals surface area contributed by atoms with E-state index in [9.17, 15) is 24.0 Å². The van der Waals surface area contributed by atoms with E-state index < -0.39 is 23.4 Å². The van der Waals surface area contributed by atoms with E-state index in [0.717, 1.165) is 16.5 Å². The third-order valence-corrected chi connectivity index (χ3v) is 7.48. The standard InChI is InChI=1S/C28H29FN4O6/c1-28(2)26(35)32(27(36)39-28)21-7-8-22(29)24(12-21)37-16-17-3-5-19(6-4-17)25(34)33-23(9-10-38-33)20-11-18(13-30)14-31-15-20/h7-8,11-12,14-15,17,19,23H,3-6,9-10,16H2,1-2H3/t17?,19?,23-/m0/s1. The van der Waals surface area contributed by atoms with Gasteiger partial charge in [0.25, 0.3) is 5.91 Å². The molecule has 1 saturated carbocycles. The highest BCUT2D eigenvalue weighted by Crippen LogP contribution is 2.37. The number of carbonyl (C=O) groups excluding carboxylic acids is 3. The smallest absolute Gasteiger partial charge is 0.422 e. The zero-order valence-corrected chi connectivity index (χ0v) is 21.8. The predicted molar refractivity (Wildman–Crippen MR) is 134 cm³/mol. The summed E-state index contributed by atoms with van der Waals surface area (Å²) >= 11 is 0. The fraction of sp³-hybridized carbons (Fsp3) is 0.464. The third-order valence-electron chi connectivity index (χ3n) is 7.48. The van der Waals surface area contributed by atoms with Crippen molar-refractivity contribution in [2.45, 2.75) is 57.6 Å². The fourth-order valence-corrected chi connectivity index (χ4v) is 5.28. The number of ether oxygens (including phenoxy) is 2. The maximum absolute atomic E-state index is 14.5. The van der Waals surface area contributed by atoms with E-state index in [1.807, 2.05) is 0 Å². The van der Waals surface area contributed by atoms with Crippen LogP contribution in [0.15, 0.2) is 36.7 Å². The highest BCUT2D eigenvalue weighted by Gasteiger charge is 2.48. The molecule has 3 heterocycles. The summed E-state index contributed by atoms with van der Waals surface area (Å²) < 4.78 is 25.4. The summed E-state index contributed by atoms with van der Waals surface area (Å²) in [6, 6.07) is 7.34. The van der Waals surface area contributed by atoms with Crippen molar-refractivity contribution in [3.8, 4) is 11.8 Å². The molecule has 3 aliphatic rings. The van der Waals surface area contributed by atoms with Crippen molar-refractivity contribution in [1.29, 1.82) is 5.26 Å². The molecule has 39 heavy (non-hydrogen) atoms. The Morgan fingerprint density at radius 1 is 1.18 bits per heavy atom. The number of nitriles is 1. The zero-order chi connectivity index (χ0) is 27.7. The first-order valence-electron chi connectivity index (χ1n) is 13.0. The highest BCUT2D eigenvalue weighted by atomic mass is 19.1. The summed E-state index contributed by atoms with van der Waals surface area (Å²) in [5, 5.41) is 10.6. The molecular weight excluding hydrogens is 507 g/mol. The molecule has 11 heteroatoms. The minimum Gasteiger partial charge on any atom is -0.490 e. The molecule has 0 N–H and O–H groups in total. The number of rotatable bonds is 6. The van der Waals surface area contributed by atoms with Crippen LogP contribution in [0.25, 0.3) is 0 Å². The monoisotopic (exact) mass is 536 g/mol. The SMILES string of the molecule is CC1(C)OC(=O)N(c2ccc(F)c(OCC3CCC(C(=O)N4OCC[C@H]4c4cncc(C#N)c4)CC3)c2)C1=O. The number of hydroxylamine groups is 2. The van der Waals surface area contributed by atoms with Gasteiger partial charge in [-0.2, -0.15) is 5.26 Å². The van der Waals surface area contributed by atoms with Crippen LogP contribution < -0.4 is 9.64 Å². The van der Waals surface area contributed by atoms with E-state index in [4.69, 9.17) is 14.3 Å². The van der Waals surface area contributed by atoms with Crippen LogP contribution in [0.4, 0.5) is 14.9 Å². The lowest BCUT2D eigenvalue weighted by Gasteiger charge is -2.32. The van der Waals surface area contributed by atoms with Gasteiger partial charge < -0.3 is 9.47 Å². The van der Waals surface area contributed by atoms with Crippen molar-refractivity contribution in [3.63, 3.8) is 0 Å². The highest BCUT2D eigenvalue weighted by molar-refractivity contribution is 6.19. The molecule has 3 amide bonds. The van der Waals surface area contributed by atoms with Crippen LogP contribution in [0.5, 0.6) is 5.75 Å². The van der Waals surface area contributed by atoms with Crippen LogP contribution in [-0.2, 0) is 19.2 Å². The van der Waals surface area contributed by atoms with Crippen LogP contribution in [0.2, 0.25) is 0 Å². The number of hydrogen-bond acceptors (Lipinski definition) is 8. The lowest BCUT2D eigenvalue weighted by molar-refractivity contribution is -0.183. The van der Waals surface area contributed by atoms with Crippen molar-refractivity contribution in [2.24, 2.45) is 11.8 Å². The quantitative estimate of drug-likeness (QED) is 0.531. The summed E-state index contributed by atoms with van der Waals surface area (Å²) in [7, 11) is 0. The maximum Gasteiger partial charge on any atom is 0.422 e. The molecule has 2 aromatic rings. The maximum atomic E-state index is 14.5. The van der Waals surface area contributed by atoms with Gasteiger partial charge >= 0.3 is 6.09 Å². The molecule has 1 aliphatic carbocycles. The third kappa shape index (κ3) is 5.29. The van der Waals surface area contributed by atoms with Gasteiger partial charge in [-0.3, -0.25) is 19.4 Å². The van der Waals surface area contributed by atoms with Gasteiger partial charge in [-0.1, -0.05) is 0 Å². The Balaban J connectivity index is 1.17. The minimum absolute atomic E-state index is 0.0578. The van der Waals surface area contributed by atoms with Gasteiger partial charge in [-0.25, -0.2) is 19.1 Å². The second kappa shape index (κ2) is 10.6. The number of carbonyl (C=O) groups is 3. The van der Waals surface area contributed by atoms with E-state index in [1.165, 1.54) is 37.2 Å². The molecular formula is C28H29FN4O6. The van der Waals surface area contributed by atoms with Crippen LogP contribution in [0, 0.1) is 29.0 Å². The molecule has 0 bridgehead atoms. The molecule has 0 unspecified atom stereocenters. The summed E-state index contributed by atoms with van der Waals surface area (Å²) in [4.78, 5) is 48.7. The lowest BCUT2D eigenvalue weighted by Crippen LogP contribution is -2.37. The number of hydrogen-bond donors (Lipinski definition) is 0. The molecule has 1 aromatic heterocycles. The van der Waals surface area contributed by atoms with Gasteiger partial charge in [0.1, 0.15) is 6.07 Å². The molecule has 2 aliphatic heterocycles. The van der Waals surface area contributed by atoms with Crippen LogP contribution in [-0.4, -0.2) is 46.8 Å². The Bertz CT molecular complexity index is 1330. The van der Waals surface area contributed by atoms with Gasteiger partial charge in [0, 0.05) is 30.8 Å². The Hall–Kier alpha value is -4.04. The van der Waals surface area contributed by atoms with Crippen molar-refractivity contribution in [1.82, 2.24) is 10.0 Å². The van der Waals surface area contributed by atoms with Crippen molar-refractivity contribution >= 4 is 23.6 Å². The van der Waals surface area contributed by atoms with Crippen LogP contribution in [0.3, 0.4) is 0 Å². The second-order valence-corrected chi connectivity index (χ2v) is 10.6. The number of amides is 3. The Morgan fingerprint density at radius 3 is 2.64 bits per heavy atom. The molecule has 5 rings (SSSR count). The molecule has 2 saturated heterocycles. The normalized spacial score (nSPS) is 24.4. The van der Waals surface area contributed by atoms with Gasteiger partial charge in [0.15, 0.2) is 17.2 Å². The molecule has 0 spiro atoms. The summed E-state index contributed by atoms with van der Waals surface area (Å²) in [6.07, 6.45) is 5.67. The van der Waals surface area contributed by atoms with Gasteiger partial charge in [0.05, 0.1) is 30.5 Å². The molecule has 10 nitrogen and oxygen atoms in total. The average Bonchev–Trinajstić information content (AvgIpc) is 3.50. The average molecular weight is 537 g/mol. The topological polar surface area (TPSA) is 122 Å². The molecule has 1 aromatic carbocycles. The molecule has 204 valence electrons. The molecule has 0 radical (unpaired) electrons.